The van der Waals surface area contributed by atoms with Crippen molar-refractivity contribution in [3.8, 4) is 0 Å². The summed E-state index contributed by atoms with van der Waals surface area (Å²) in [6, 6.07) is 8.23. The molecule has 1 saturated carbocycles. The topological polar surface area (TPSA) is 20.3 Å². The molecule has 1 unspecified atom stereocenters. The number of benzene rings is 1. The van der Waals surface area contributed by atoms with Crippen LogP contribution in [0.3, 0.4) is 0 Å². The van der Waals surface area contributed by atoms with Crippen molar-refractivity contribution in [3.05, 3.63) is 34.9 Å². The van der Waals surface area contributed by atoms with Crippen LogP contribution in [-0.2, 0) is 4.79 Å². The molecule has 1 amide bonds. The third-order valence-corrected chi connectivity index (χ3v) is 3.42. The highest BCUT2D eigenvalue weighted by atomic mass is 35.5. The van der Waals surface area contributed by atoms with Crippen LogP contribution in [0.15, 0.2) is 24.3 Å². The van der Waals surface area contributed by atoms with Crippen LogP contribution in [0.5, 0.6) is 0 Å². The molecular weight excluding hydrogens is 222 g/mol. The van der Waals surface area contributed by atoms with Crippen LogP contribution in [0.1, 0.15) is 38.3 Å². The van der Waals surface area contributed by atoms with Gasteiger partial charge in [-0.3, -0.25) is 4.79 Å². The second-order valence-corrected chi connectivity index (χ2v) is 4.76. The van der Waals surface area contributed by atoms with Gasteiger partial charge in [-0.05, 0) is 31.4 Å². The summed E-state index contributed by atoms with van der Waals surface area (Å²) in [4.78, 5) is 13.6. The molecule has 0 heterocycles. The Bertz CT molecular complexity index is 401. The van der Waals surface area contributed by atoms with Crippen molar-refractivity contribution >= 4 is 17.5 Å². The van der Waals surface area contributed by atoms with Gasteiger partial charge in [-0.2, -0.15) is 0 Å². The highest BCUT2D eigenvalue weighted by Crippen LogP contribution is 2.36. The lowest BCUT2D eigenvalue weighted by atomic mass is 10.1. The van der Waals surface area contributed by atoms with Crippen molar-refractivity contribution in [1.82, 2.24) is 4.90 Å². The minimum absolute atomic E-state index is 0.0682. The zero-order valence-corrected chi connectivity index (χ0v) is 10.4. The summed E-state index contributed by atoms with van der Waals surface area (Å²) in [5.74, 6) is 0.134. The van der Waals surface area contributed by atoms with Gasteiger partial charge >= 0.3 is 0 Å². The first-order valence-corrected chi connectivity index (χ1v) is 6.02. The molecule has 86 valence electrons. The monoisotopic (exact) mass is 237 g/mol. The fraction of sp³-hybridized carbons (Fsp3) is 0.462. The maximum Gasteiger partial charge on any atom is 0.220 e. The first-order chi connectivity index (χ1) is 7.61. The molecule has 0 aromatic heterocycles. The van der Waals surface area contributed by atoms with E-state index >= 15 is 0 Å². The SMILES string of the molecule is CC(=O)N(C1CC1)C(C)c1ccccc1Cl. The van der Waals surface area contributed by atoms with Crippen LogP contribution in [0.25, 0.3) is 0 Å². The third-order valence-electron chi connectivity index (χ3n) is 3.08. The summed E-state index contributed by atoms with van der Waals surface area (Å²) < 4.78 is 0. The summed E-state index contributed by atoms with van der Waals surface area (Å²) in [6.07, 6.45) is 2.24. The maximum atomic E-state index is 11.6. The minimum Gasteiger partial charge on any atom is -0.333 e. The Hall–Kier alpha value is -1.02. The maximum absolute atomic E-state index is 11.6. The number of nitrogens with zero attached hydrogens (tertiary/aromatic N) is 1. The van der Waals surface area contributed by atoms with E-state index in [1.807, 2.05) is 36.1 Å². The molecule has 1 aromatic carbocycles. The fourth-order valence-corrected chi connectivity index (χ4v) is 2.46. The number of carbonyl (C=O) groups is 1. The minimum atomic E-state index is 0.0682. The summed E-state index contributed by atoms with van der Waals surface area (Å²) in [7, 11) is 0. The fourth-order valence-electron chi connectivity index (χ4n) is 2.16. The first-order valence-electron chi connectivity index (χ1n) is 5.64. The second-order valence-electron chi connectivity index (χ2n) is 4.35. The summed E-state index contributed by atoms with van der Waals surface area (Å²) in [5, 5.41) is 0.738. The molecule has 2 nitrogen and oxygen atoms in total. The van der Waals surface area contributed by atoms with Gasteiger partial charge in [0.1, 0.15) is 0 Å². The number of halogens is 1. The summed E-state index contributed by atoms with van der Waals surface area (Å²) in [6.45, 7) is 3.67. The van der Waals surface area contributed by atoms with Crippen LogP contribution in [0.4, 0.5) is 0 Å². The molecule has 1 atom stereocenters. The van der Waals surface area contributed by atoms with Gasteiger partial charge in [0.05, 0.1) is 6.04 Å². The van der Waals surface area contributed by atoms with E-state index in [2.05, 4.69) is 0 Å². The predicted molar refractivity (Wildman–Crippen MR) is 65.4 cm³/mol. The van der Waals surface area contributed by atoms with E-state index in [0.717, 1.165) is 23.4 Å². The number of hydrogen-bond acceptors (Lipinski definition) is 1. The molecule has 0 aliphatic heterocycles. The van der Waals surface area contributed by atoms with E-state index in [1.165, 1.54) is 0 Å². The standard InChI is InChI=1S/C13H16ClNO/c1-9(12-5-3-4-6-13(12)14)15(10(2)16)11-7-8-11/h3-6,9,11H,7-8H2,1-2H3. The van der Waals surface area contributed by atoms with Crippen LogP contribution in [0, 0.1) is 0 Å². The molecule has 1 fully saturated rings. The van der Waals surface area contributed by atoms with Crippen molar-refractivity contribution in [1.29, 1.82) is 0 Å². The van der Waals surface area contributed by atoms with E-state index in [9.17, 15) is 4.79 Å². The zero-order chi connectivity index (χ0) is 11.7. The van der Waals surface area contributed by atoms with Gasteiger partial charge in [-0.15, -0.1) is 0 Å². The molecule has 1 aliphatic rings. The first kappa shape index (κ1) is 11.5. The molecule has 3 heteroatoms. The summed E-state index contributed by atoms with van der Waals surface area (Å²) >= 11 is 6.15. The quantitative estimate of drug-likeness (QED) is 0.789. The molecule has 2 rings (SSSR count). The predicted octanol–water partition coefficient (Wildman–Crippen LogP) is 3.41. The van der Waals surface area contributed by atoms with E-state index in [1.54, 1.807) is 6.92 Å². The third kappa shape index (κ3) is 2.22. The van der Waals surface area contributed by atoms with E-state index < -0.39 is 0 Å². The number of rotatable bonds is 3. The average molecular weight is 238 g/mol. The lowest BCUT2D eigenvalue weighted by Gasteiger charge is -2.29. The van der Waals surface area contributed by atoms with Gasteiger partial charge < -0.3 is 4.90 Å². The van der Waals surface area contributed by atoms with Crippen LogP contribution >= 0.6 is 11.6 Å². The largest absolute Gasteiger partial charge is 0.333 e. The van der Waals surface area contributed by atoms with E-state index in [-0.39, 0.29) is 11.9 Å². The number of amides is 1. The van der Waals surface area contributed by atoms with E-state index in [0.29, 0.717) is 6.04 Å². The normalized spacial score (nSPS) is 16.9. The molecule has 0 saturated heterocycles. The highest BCUT2D eigenvalue weighted by molar-refractivity contribution is 6.31. The molecule has 1 aromatic rings. The molecule has 16 heavy (non-hydrogen) atoms. The summed E-state index contributed by atoms with van der Waals surface area (Å²) in [5.41, 5.74) is 1.03. The Labute approximate surface area is 101 Å². The Kier molecular flexibility index (Phi) is 3.20. The number of hydrogen-bond donors (Lipinski definition) is 0. The van der Waals surface area contributed by atoms with Crippen LogP contribution in [0.2, 0.25) is 5.02 Å². The molecular formula is C13H16ClNO. The van der Waals surface area contributed by atoms with Gasteiger partial charge in [0.2, 0.25) is 5.91 Å². The van der Waals surface area contributed by atoms with Crippen molar-refractivity contribution in [2.75, 3.05) is 0 Å². The van der Waals surface area contributed by atoms with Crippen molar-refractivity contribution in [3.63, 3.8) is 0 Å². The Morgan fingerprint density at radius 3 is 2.56 bits per heavy atom. The van der Waals surface area contributed by atoms with Gasteiger partial charge in [0.25, 0.3) is 0 Å². The molecule has 0 bridgehead atoms. The van der Waals surface area contributed by atoms with Crippen LogP contribution < -0.4 is 0 Å². The number of carbonyl (C=O) groups excluding carboxylic acids is 1. The van der Waals surface area contributed by atoms with Gasteiger partial charge in [0, 0.05) is 18.0 Å². The lowest BCUT2D eigenvalue weighted by Crippen LogP contribution is -2.33. The van der Waals surface area contributed by atoms with Gasteiger partial charge in [-0.1, -0.05) is 29.8 Å². The average Bonchev–Trinajstić information content (AvgIpc) is 3.02. The zero-order valence-electron chi connectivity index (χ0n) is 9.61. The Morgan fingerprint density at radius 1 is 1.44 bits per heavy atom. The van der Waals surface area contributed by atoms with Crippen molar-refractivity contribution in [2.45, 2.75) is 38.8 Å². The Balaban J connectivity index is 2.25. The lowest BCUT2D eigenvalue weighted by molar-refractivity contribution is -0.131. The Morgan fingerprint density at radius 2 is 2.06 bits per heavy atom. The van der Waals surface area contributed by atoms with Crippen LogP contribution in [-0.4, -0.2) is 16.8 Å². The van der Waals surface area contributed by atoms with Gasteiger partial charge in [0.15, 0.2) is 0 Å². The van der Waals surface area contributed by atoms with Gasteiger partial charge in [-0.25, -0.2) is 0 Å². The molecule has 0 spiro atoms. The van der Waals surface area contributed by atoms with E-state index in [4.69, 9.17) is 11.6 Å². The van der Waals surface area contributed by atoms with Crippen molar-refractivity contribution in [2.24, 2.45) is 0 Å². The smallest absolute Gasteiger partial charge is 0.220 e. The highest BCUT2D eigenvalue weighted by Gasteiger charge is 2.34. The molecule has 0 radical (unpaired) electrons. The molecule has 1 aliphatic carbocycles. The molecule has 0 N–H and O–H groups in total. The second kappa shape index (κ2) is 4.46. The van der Waals surface area contributed by atoms with Crippen molar-refractivity contribution < 1.29 is 4.79 Å².